The molecule has 0 saturated heterocycles. The molecule has 4 rings (SSSR count). The lowest BCUT2D eigenvalue weighted by atomic mass is 10.0. The topological polar surface area (TPSA) is 89.8 Å². The summed E-state index contributed by atoms with van der Waals surface area (Å²) in [5, 5.41) is 0. The maximum atomic E-state index is 12.5. The molecule has 27 heavy (non-hydrogen) atoms. The molecule has 0 fully saturated rings. The fraction of sp³-hybridized carbons (Fsp3) is 0.100. The summed E-state index contributed by atoms with van der Waals surface area (Å²) in [5.41, 5.74) is 1.43. The van der Waals surface area contributed by atoms with E-state index < -0.39 is 16.8 Å². The third-order valence-corrected chi connectivity index (χ3v) is 4.57. The quantitative estimate of drug-likeness (QED) is 0.589. The second kappa shape index (κ2) is 6.21. The van der Waals surface area contributed by atoms with E-state index in [1.54, 1.807) is 12.1 Å². The van der Waals surface area contributed by atoms with Crippen LogP contribution < -0.4 is 16.8 Å². The number of hydrogen-bond acceptors (Lipinski definition) is 4. The molecule has 0 radical (unpaired) electrons. The van der Waals surface area contributed by atoms with Crippen molar-refractivity contribution in [2.75, 3.05) is 0 Å². The second-order valence-corrected chi connectivity index (χ2v) is 6.26. The summed E-state index contributed by atoms with van der Waals surface area (Å²) in [7, 11) is 2.87. The highest BCUT2D eigenvalue weighted by atomic mass is 16.2. The molecule has 4 aromatic rings. The van der Waals surface area contributed by atoms with Gasteiger partial charge in [0.1, 0.15) is 5.69 Å². The molecule has 0 amide bonds. The number of H-pyrrole nitrogens is 1. The van der Waals surface area contributed by atoms with E-state index in [0.717, 1.165) is 15.7 Å². The van der Waals surface area contributed by atoms with Gasteiger partial charge in [0, 0.05) is 19.7 Å². The Morgan fingerprint density at radius 1 is 0.778 bits per heavy atom. The Balaban J connectivity index is 1.90. The number of hydrogen-bond donors (Lipinski definition) is 1. The Hall–Kier alpha value is -3.74. The minimum Gasteiger partial charge on any atom is -0.313 e. The van der Waals surface area contributed by atoms with Crippen LogP contribution in [0.4, 0.5) is 0 Å². The minimum absolute atomic E-state index is 0.00857. The van der Waals surface area contributed by atoms with E-state index in [4.69, 9.17) is 0 Å². The lowest BCUT2D eigenvalue weighted by Crippen LogP contribution is -2.38. The number of aromatic amines is 1. The summed E-state index contributed by atoms with van der Waals surface area (Å²) >= 11 is 0. The van der Waals surface area contributed by atoms with Crippen LogP contribution in [-0.2, 0) is 14.1 Å². The van der Waals surface area contributed by atoms with Crippen molar-refractivity contribution in [1.82, 2.24) is 19.1 Å². The lowest BCUT2D eigenvalue weighted by molar-refractivity contribution is 0.704. The summed E-state index contributed by atoms with van der Waals surface area (Å²) < 4.78 is 2.18. The average molecular weight is 360 g/mol. The van der Waals surface area contributed by atoms with Gasteiger partial charge in [-0.15, -0.1) is 0 Å². The van der Waals surface area contributed by atoms with Crippen molar-refractivity contribution in [3.63, 3.8) is 0 Å². The molecule has 2 heterocycles. The van der Waals surface area contributed by atoms with Crippen LogP contribution in [0.25, 0.3) is 33.5 Å². The van der Waals surface area contributed by atoms with E-state index >= 15 is 0 Å². The highest BCUT2D eigenvalue weighted by molar-refractivity contribution is 5.74. The molecule has 1 N–H and O–H groups in total. The molecular formula is C20H16N4O3. The molecule has 7 heteroatoms. The monoisotopic (exact) mass is 360 g/mol. The number of aromatic nitrogens is 4. The third-order valence-electron chi connectivity index (χ3n) is 4.57. The summed E-state index contributed by atoms with van der Waals surface area (Å²) in [6, 6.07) is 17.3. The van der Waals surface area contributed by atoms with Gasteiger partial charge in [0.2, 0.25) is 0 Å². The molecule has 7 nitrogen and oxygen atoms in total. The molecule has 134 valence electrons. The van der Waals surface area contributed by atoms with Crippen LogP contribution in [0.1, 0.15) is 0 Å². The first-order valence-electron chi connectivity index (χ1n) is 8.33. The second-order valence-electron chi connectivity index (χ2n) is 6.26. The highest BCUT2D eigenvalue weighted by Gasteiger charge is 2.14. The molecule has 0 aliphatic heterocycles. The maximum Gasteiger partial charge on any atom is 0.332 e. The van der Waals surface area contributed by atoms with Gasteiger partial charge in [0.15, 0.2) is 11.2 Å². The van der Waals surface area contributed by atoms with Gasteiger partial charge in [0.05, 0.1) is 0 Å². The third kappa shape index (κ3) is 2.69. The van der Waals surface area contributed by atoms with Crippen LogP contribution >= 0.6 is 0 Å². The summed E-state index contributed by atoms with van der Waals surface area (Å²) in [6.45, 7) is 0. The van der Waals surface area contributed by atoms with Crippen LogP contribution in [0.3, 0.4) is 0 Å². The molecule has 0 saturated carbocycles. The predicted octanol–water partition coefficient (Wildman–Crippen LogP) is 1.65. The molecule has 0 unspecified atom stereocenters. The number of nitrogens with one attached hydrogen (secondary N) is 1. The molecule has 0 spiro atoms. The molecule has 2 aromatic carbocycles. The van der Waals surface area contributed by atoms with Crippen LogP contribution in [0.2, 0.25) is 0 Å². The van der Waals surface area contributed by atoms with Gasteiger partial charge in [-0.1, -0.05) is 54.6 Å². The Labute approximate surface area is 153 Å². The molecular weight excluding hydrogens is 344 g/mol. The number of nitrogens with zero attached hydrogens (tertiary/aromatic N) is 3. The van der Waals surface area contributed by atoms with Gasteiger partial charge in [-0.25, -0.2) is 9.78 Å². The van der Waals surface area contributed by atoms with Gasteiger partial charge < -0.3 is 4.98 Å². The fourth-order valence-electron chi connectivity index (χ4n) is 3.05. The first-order valence-corrected chi connectivity index (χ1v) is 8.33. The van der Waals surface area contributed by atoms with E-state index in [1.165, 1.54) is 18.7 Å². The van der Waals surface area contributed by atoms with E-state index in [9.17, 15) is 14.4 Å². The summed E-state index contributed by atoms with van der Waals surface area (Å²) in [4.78, 5) is 43.8. The van der Waals surface area contributed by atoms with E-state index in [1.807, 2.05) is 42.5 Å². The average Bonchev–Trinajstić information content (AvgIpc) is 2.71. The molecule has 0 atom stereocenters. The van der Waals surface area contributed by atoms with Gasteiger partial charge in [-0.05, 0) is 11.1 Å². The number of benzene rings is 2. The highest BCUT2D eigenvalue weighted by Crippen LogP contribution is 2.22. The lowest BCUT2D eigenvalue weighted by Gasteiger charge is -2.08. The van der Waals surface area contributed by atoms with Crippen LogP contribution in [-0.4, -0.2) is 19.1 Å². The van der Waals surface area contributed by atoms with Crippen molar-refractivity contribution >= 4 is 11.2 Å². The predicted molar refractivity (Wildman–Crippen MR) is 104 cm³/mol. The van der Waals surface area contributed by atoms with Gasteiger partial charge >= 0.3 is 5.69 Å². The SMILES string of the molecule is Cn1c(=O)c2[nH]c(=O)c(-c3ccc(-c4ccccc4)cc3)nc2n(C)c1=O. The minimum atomic E-state index is -0.580. The first-order chi connectivity index (χ1) is 13.0. The molecule has 0 bridgehead atoms. The number of fused-ring (bicyclic) bond motifs is 1. The van der Waals surface area contributed by atoms with Gasteiger partial charge in [-0.3, -0.25) is 18.7 Å². The first kappa shape index (κ1) is 16.7. The molecule has 0 aliphatic carbocycles. The standard InChI is InChI=1S/C20H16N4O3/c1-23-17-16(19(26)24(2)20(23)27)22-18(25)15(21-17)14-10-8-13(9-11-14)12-6-4-3-5-7-12/h3-11H,1-2H3,(H,22,25). The van der Waals surface area contributed by atoms with Gasteiger partial charge in [0.25, 0.3) is 11.1 Å². The smallest absolute Gasteiger partial charge is 0.313 e. The van der Waals surface area contributed by atoms with Crippen molar-refractivity contribution in [3.05, 3.63) is 85.8 Å². The van der Waals surface area contributed by atoms with E-state index in [-0.39, 0.29) is 16.9 Å². The van der Waals surface area contributed by atoms with Crippen molar-refractivity contribution in [1.29, 1.82) is 0 Å². The van der Waals surface area contributed by atoms with E-state index in [0.29, 0.717) is 5.56 Å². The van der Waals surface area contributed by atoms with Crippen LogP contribution in [0.15, 0.2) is 69.0 Å². The largest absolute Gasteiger partial charge is 0.332 e. The van der Waals surface area contributed by atoms with Crippen molar-refractivity contribution in [3.8, 4) is 22.4 Å². The zero-order valence-corrected chi connectivity index (χ0v) is 14.8. The zero-order valence-electron chi connectivity index (χ0n) is 14.8. The van der Waals surface area contributed by atoms with Crippen molar-refractivity contribution in [2.45, 2.75) is 0 Å². The normalized spacial score (nSPS) is 11.0. The molecule has 0 aliphatic rings. The van der Waals surface area contributed by atoms with E-state index in [2.05, 4.69) is 9.97 Å². The van der Waals surface area contributed by atoms with Gasteiger partial charge in [-0.2, -0.15) is 0 Å². The zero-order chi connectivity index (χ0) is 19.1. The maximum absolute atomic E-state index is 12.5. The summed E-state index contributed by atoms with van der Waals surface area (Å²) in [6.07, 6.45) is 0. The Bertz CT molecular complexity index is 1330. The Morgan fingerprint density at radius 2 is 1.37 bits per heavy atom. The fourth-order valence-corrected chi connectivity index (χ4v) is 3.05. The number of aryl methyl sites for hydroxylation is 1. The Morgan fingerprint density at radius 3 is 2.04 bits per heavy atom. The van der Waals surface area contributed by atoms with Crippen LogP contribution in [0.5, 0.6) is 0 Å². The number of rotatable bonds is 2. The van der Waals surface area contributed by atoms with Crippen LogP contribution in [0, 0.1) is 0 Å². The summed E-state index contributed by atoms with van der Waals surface area (Å²) in [5.74, 6) is 0. The molecule has 2 aromatic heterocycles. The Kier molecular flexibility index (Phi) is 3.84. The van der Waals surface area contributed by atoms with Crippen molar-refractivity contribution in [2.24, 2.45) is 14.1 Å². The van der Waals surface area contributed by atoms with Crippen molar-refractivity contribution < 1.29 is 0 Å².